The number of hydrogen-bond acceptors (Lipinski definition) is 1. The lowest BCUT2D eigenvalue weighted by atomic mass is 9.82. The summed E-state index contributed by atoms with van der Waals surface area (Å²) >= 11 is 0. The Hall–Kier alpha value is -5.15. The Morgan fingerprint density at radius 2 is 1.37 bits per heavy atom. The molecule has 0 unspecified atom stereocenters. The van der Waals surface area contributed by atoms with Crippen LogP contribution in [0.4, 0.5) is 0 Å². The van der Waals surface area contributed by atoms with Crippen LogP contribution in [0, 0.1) is 0 Å². The molecule has 41 heavy (non-hydrogen) atoms. The zero-order valence-corrected chi connectivity index (χ0v) is 23.0. The topological polar surface area (TPSA) is 22.8 Å². The molecule has 0 atom stereocenters. The molecule has 3 heteroatoms. The molecule has 194 valence electrons. The van der Waals surface area contributed by atoms with Crippen molar-refractivity contribution in [3.8, 4) is 22.5 Å². The standard InChI is InChI=1S/C38H27N3/c1-38(2)32-14-8-6-12-27(32)31-22-30-24(20-33(31)38)16-18-29-28-13-7-9-15-35(28)41(37(29)30)26-17-19-36-34(21-26)39-23-40(36)25-10-4-3-5-11-25/h3-23H,1-2H3. The van der Waals surface area contributed by atoms with Crippen LogP contribution in [-0.4, -0.2) is 14.1 Å². The lowest BCUT2D eigenvalue weighted by Crippen LogP contribution is -2.14. The Labute approximate surface area is 237 Å². The van der Waals surface area contributed by atoms with Crippen molar-refractivity contribution in [2.75, 3.05) is 0 Å². The number of nitrogens with zero attached hydrogens (tertiary/aromatic N) is 3. The van der Waals surface area contributed by atoms with Crippen molar-refractivity contribution in [1.82, 2.24) is 14.1 Å². The first-order valence-corrected chi connectivity index (χ1v) is 14.2. The fraction of sp³-hybridized carbons (Fsp3) is 0.0789. The minimum Gasteiger partial charge on any atom is -0.309 e. The van der Waals surface area contributed by atoms with Crippen LogP contribution in [0.15, 0.2) is 128 Å². The van der Waals surface area contributed by atoms with Gasteiger partial charge in [0.25, 0.3) is 0 Å². The second-order valence-electron chi connectivity index (χ2n) is 11.7. The van der Waals surface area contributed by atoms with Gasteiger partial charge in [0, 0.05) is 32.9 Å². The van der Waals surface area contributed by atoms with E-state index in [1.165, 1.54) is 54.8 Å². The summed E-state index contributed by atoms with van der Waals surface area (Å²) in [6.07, 6.45) is 1.92. The summed E-state index contributed by atoms with van der Waals surface area (Å²) in [5.41, 5.74) is 12.2. The number of rotatable bonds is 2. The Morgan fingerprint density at radius 3 is 2.27 bits per heavy atom. The van der Waals surface area contributed by atoms with Gasteiger partial charge in [0.2, 0.25) is 0 Å². The number of aromatic nitrogens is 3. The molecule has 0 radical (unpaired) electrons. The highest BCUT2D eigenvalue weighted by Crippen LogP contribution is 2.50. The monoisotopic (exact) mass is 525 g/mol. The van der Waals surface area contributed by atoms with Crippen LogP contribution in [0.2, 0.25) is 0 Å². The number of imidazole rings is 1. The van der Waals surface area contributed by atoms with Crippen molar-refractivity contribution < 1.29 is 0 Å². The molecule has 1 aliphatic carbocycles. The van der Waals surface area contributed by atoms with Crippen molar-refractivity contribution in [2.24, 2.45) is 0 Å². The quantitative estimate of drug-likeness (QED) is 0.220. The van der Waals surface area contributed by atoms with Gasteiger partial charge in [-0.05, 0) is 76.2 Å². The van der Waals surface area contributed by atoms with Crippen LogP contribution in [0.3, 0.4) is 0 Å². The van der Waals surface area contributed by atoms with Crippen LogP contribution >= 0.6 is 0 Å². The molecule has 6 aromatic carbocycles. The van der Waals surface area contributed by atoms with Gasteiger partial charge in [0.05, 0.1) is 22.1 Å². The smallest absolute Gasteiger partial charge is 0.100 e. The summed E-state index contributed by atoms with van der Waals surface area (Å²) in [6.45, 7) is 4.70. The van der Waals surface area contributed by atoms with E-state index >= 15 is 0 Å². The second kappa shape index (κ2) is 7.96. The van der Waals surface area contributed by atoms with Gasteiger partial charge < -0.3 is 4.57 Å². The molecule has 0 spiro atoms. The highest BCUT2D eigenvalue weighted by atomic mass is 15.1. The zero-order chi connectivity index (χ0) is 27.3. The van der Waals surface area contributed by atoms with Crippen molar-refractivity contribution in [3.63, 3.8) is 0 Å². The second-order valence-corrected chi connectivity index (χ2v) is 11.7. The van der Waals surface area contributed by atoms with Gasteiger partial charge in [-0.3, -0.25) is 4.57 Å². The van der Waals surface area contributed by atoms with E-state index in [9.17, 15) is 0 Å². The number of para-hydroxylation sites is 2. The van der Waals surface area contributed by atoms with Gasteiger partial charge >= 0.3 is 0 Å². The molecule has 0 amide bonds. The van der Waals surface area contributed by atoms with Gasteiger partial charge in [-0.2, -0.15) is 0 Å². The number of benzene rings is 6. The predicted octanol–water partition coefficient (Wildman–Crippen LogP) is 9.58. The van der Waals surface area contributed by atoms with Crippen LogP contribution in [-0.2, 0) is 5.41 Å². The summed E-state index contributed by atoms with van der Waals surface area (Å²) in [7, 11) is 0. The first-order chi connectivity index (χ1) is 20.1. The maximum Gasteiger partial charge on any atom is 0.100 e. The maximum absolute atomic E-state index is 4.83. The summed E-state index contributed by atoms with van der Waals surface area (Å²) in [5, 5.41) is 5.09. The molecule has 1 aliphatic rings. The number of fused-ring (bicyclic) bond motifs is 9. The fourth-order valence-electron chi connectivity index (χ4n) is 7.18. The van der Waals surface area contributed by atoms with E-state index < -0.39 is 0 Å². The summed E-state index contributed by atoms with van der Waals surface area (Å²) in [5.74, 6) is 0. The summed E-state index contributed by atoms with van der Waals surface area (Å²) < 4.78 is 4.59. The minimum absolute atomic E-state index is 0.0234. The van der Waals surface area contributed by atoms with Crippen LogP contribution < -0.4 is 0 Å². The molecule has 0 N–H and O–H groups in total. The van der Waals surface area contributed by atoms with Crippen molar-refractivity contribution >= 4 is 43.6 Å². The van der Waals surface area contributed by atoms with E-state index in [1.54, 1.807) is 0 Å². The van der Waals surface area contributed by atoms with Crippen molar-refractivity contribution in [3.05, 3.63) is 139 Å². The minimum atomic E-state index is -0.0234. The molecular formula is C38H27N3. The molecule has 8 aromatic rings. The third-order valence-electron chi connectivity index (χ3n) is 9.18. The van der Waals surface area contributed by atoms with Gasteiger partial charge in [-0.1, -0.05) is 86.6 Å². The molecule has 3 nitrogen and oxygen atoms in total. The van der Waals surface area contributed by atoms with Gasteiger partial charge in [0.1, 0.15) is 6.33 Å². The van der Waals surface area contributed by atoms with Crippen LogP contribution in [0.25, 0.3) is 66.1 Å². The van der Waals surface area contributed by atoms with Crippen LogP contribution in [0.1, 0.15) is 25.0 Å². The maximum atomic E-state index is 4.83. The zero-order valence-electron chi connectivity index (χ0n) is 23.0. The lowest BCUT2D eigenvalue weighted by Gasteiger charge is -2.21. The average Bonchev–Trinajstić information content (AvgIpc) is 3.66. The molecule has 0 bridgehead atoms. The van der Waals surface area contributed by atoms with E-state index in [2.05, 4.69) is 138 Å². The van der Waals surface area contributed by atoms with Gasteiger partial charge in [0.15, 0.2) is 0 Å². The van der Waals surface area contributed by atoms with Gasteiger partial charge in [-0.15, -0.1) is 0 Å². The lowest BCUT2D eigenvalue weighted by molar-refractivity contribution is 0.661. The van der Waals surface area contributed by atoms with Crippen LogP contribution in [0.5, 0.6) is 0 Å². The Balaban J connectivity index is 1.36. The van der Waals surface area contributed by atoms with E-state index in [4.69, 9.17) is 4.98 Å². The van der Waals surface area contributed by atoms with Gasteiger partial charge in [-0.25, -0.2) is 4.98 Å². The van der Waals surface area contributed by atoms with E-state index in [-0.39, 0.29) is 5.41 Å². The third-order valence-corrected chi connectivity index (χ3v) is 9.18. The molecule has 0 fully saturated rings. The highest BCUT2D eigenvalue weighted by Gasteiger charge is 2.35. The summed E-state index contributed by atoms with van der Waals surface area (Å²) in [6, 6.07) is 44.2. The first kappa shape index (κ1) is 22.6. The predicted molar refractivity (Wildman–Crippen MR) is 170 cm³/mol. The molecule has 2 heterocycles. The normalized spacial score (nSPS) is 13.8. The number of hydrogen-bond donors (Lipinski definition) is 0. The SMILES string of the molecule is CC1(C)c2ccccc2-c2cc3c(ccc4c5ccccc5n(-c5ccc6c(c5)ncn6-c5ccccc5)c34)cc21. The first-order valence-electron chi connectivity index (χ1n) is 14.2. The Kier molecular flexibility index (Phi) is 4.39. The Bertz CT molecular complexity index is 2330. The Morgan fingerprint density at radius 1 is 0.561 bits per heavy atom. The molecule has 0 saturated heterocycles. The highest BCUT2D eigenvalue weighted by molar-refractivity contribution is 6.19. The molecular weight excluding hydrogens is 498 g/mol. The van der Waals surface area contributed by atoms with Crippen molar-refractivity contribution in [1.29, 1.82) is 0 Å². The van der Waals surface area contributed by atoms with E-state index in [0.29, 0.717) is 0 Å². The van der Waals surface area contributed by atoms with Crippen molar-refractivity contribution in [2.45, 2.75) is 19.3 Å². The molecule has 0 saturated carbocycles. The average molecular weight is 526 g/mol. The molecule has 2 aromatic heterocycles. The van der Waals surface area contributed by atoms with E-state index in [0.717, 1.165) is 22.4 Å². The fourth-order valence-corrected chi connectivity index (χ4v) is 7.18. The van der Waals surface area contributed by atoms with E-state index in [1.807, 2.05) is 12.4 Å². The third kappa shape index (κ3) is 3.01. The molecule has 9 rings (SSSR count). The summed E-state index contributed by atoms with van der Waals surface area (Å²) in [4.78, 5) is 4.83. The molecule has 0 aliphatic heterocycles. The largest absolute Gasteiger partial charge is 0.309 e.